The number of halogens is 1. The normalized spacial score (nSPS) is 14.7. The first kappa shape index (κ1) is 18.3. The highest BCUT2D eigenvalue weighted by molar-refractivity contribution is 5.99. The Balaban J connectivity index is 0.00000242. The molecule has 2 amide bonds. The summed E-state index contributed by atoms with van der Waals surface area (Å²) in [4.78, 5) is 23.7. The molecule has 0 radical (unpaired) electrons. The monoisotopic (exact) mass is 325 g/mol. The van der Waals surface area contributed by atoms with Crippen LogP contribution in [0.1, 0.15) is 48.9 Å². The van der Waals surface area contributed by atoms with Crippen LogP contribution in [0.15, 0.2) is 24.3 Å². The standard InChI is InChI=1S/C16H23N3O2.ClH/c17-14-9-5-4-8-13(14)16(21)18-11-10-15(20)19-12-6-2-1-3-7-12;/h4-5,8-9,12H,1-3,6-7,10-11,17H2,(H,18,21)(H,19,20);1H. The zero-order chi connectivity index (χ0) is 15.1. The first-order valence-electron chi connectivity index (χ1n) is 7.59. The lowest BCUT2D eigenvalue weighted by Crippen LogP contribution is -2.38. The van der Waals surface area contributed by atoms with Crippen molar-refractivity contribution in [2.75, 3.05) is 12.3 Å². The topological polar surface area (TPSA) is 84.2 Å². The number of amides is 2. The van der Waals surface area contributed by atoms with E-state index in [1.54, 1.807) is 24.3 Å². The van der Waals surface area contributed by atoms with E-state index in [-0.39, 0.29) is 24.2 Å². The van der Waals surface area contributed by atoms with Gasteiger partial charge in [0.05, 0.1) is 5.56 Å². The lowest BCUT2D eigenvalue weighted by Gasteiger charge is -2.22. The number of nitrogen functional groups attached to an aromatic ring is 1. The number of carbonyl (C=O) groups excluding carboxylic acids is 2. The zero-order valence-corrected chi connectivity index (χ0v) is 13.5. The van der Waals surface area contributed by atoms with Crippen LogP contribution in [0.5, 0.6) is 0 Å². The highest BCUT2D eigenvalue weighted by Crippen LogP contribution is 2.17. The van der Waals surface area contributed by atoms with Crippen LogP contribution < -0.4 is 16.4 Å². The van der Waals surface area contributed by atoms with Crippen LogP contribution in [0, 0.1) is 0 Å². The molecule has 1 fully saturated rings. The number of nitrogens with one attached hydrogen (secondary N) is 2. The van der Waals surface area contributed by atoms with Crippen molar-refractivity contribution in [3.05, 3.63) is 29.8 Å². The fraction of sp³-hybridized carbons (Fsp3) is 0.500. The Labute approximate surface area is 137 Å². The lowest BCUT2D eigenvalue weighted by atomic mass is 9.95. The second-order valence-electron chi connectivity index (χ2n) is 5.50. The van der Waals surface area contributed by atoms with Gasteiger partial charge < -0.3 is 16.4 Å². The number of hydrogen-bond acceptors (Lipinski definition) is 3. The third-order valence-corrected chi connectivity index (χ3v) is 3.81. The van der Waals surface area contributed by atoms with E-state index in [1.165, 1.54) is 19.3 Å². The summed E-state index contributed by atoms with van der Waals surface area (Å²) in [6.45, 7) is 0.325. The molecule has 0 aromatic heterocycles. The fourth-order valence-electron chi connectivity index (χ4n) is 2.64. The highest BCUT2D eigenvalue weighted by atomic mass is 35.5. The second kappa shape index (κ2) is 9.30. The SMILES string of the molecule is Cl.Nc1ccccc1C(=O)NCCC(=O)NC1CCCCC1. The third kappa shape index (κ3) is 5.56. The molecule has 0 unspecified atom stereocenters. The number of para-hydroxylation sites is 1. The summed E-state index contributed by atoms with van der Waals surface area (Å²) >= 11 is 0. The Hall–Kier alpha value is -1.75. The van der Waals surface area contributed by atoms with Crippen molar-refractivity contribution in [3.8, 4) is 0 Å². The van der Waals surface area contributed by atoms with Crippen LogP contribution >= 0.6 is 12.4 Å². The van der Waals surface area contributed by atoms with Gasteiger partial charge in [-0.3, -0.25) is 9.59 Å². The number of anilines is 1. The van der Waals surface area contributed by atoms with Crippen molar-refractivity contribution < 1.29 is 9.59 Å². The fourth-order valence-corrected chi connectivity index (χ4v) is 2.64. The minimum Gasteiger partial charge on any atom is -0.398 e. The van der Waals surface area contributed by atoms with Crippen molar-refractivity contribution in [1.29, 1.82) is 0 Å². The van der Waals surface area contributed by atoms with Gasteiger partial charge in [0.15, 0.2) is 0 Å². The average Bonchev–Trinajstić information content (AvgIpc) is 2.48. The van der Waals surface area contributed by atoms with E-state index in [0.29, 0.717) is 30.3 Å². The molecule has 6 heteroatoms. The molecule has 1 saturated carbocycles. The Morgan fingerprint density at radius 3 is 2.50 bits per heavy atom. The molecular formula is C16H24ClN3O2. The Bertz CT molecular complexity index is 502. The molecule has 1 aromatic carbocycles. The van der Waals surface area contributed by atoms with Crippen molar-refractivity contribution in [1.82, 2.24) is 10.6 Å². The van der Waals surface area contributed by atoms with Gasteiger partial charge in [0.2, 0.25) is 5.91 Å². The maximum Gasteiger partial charge on any atom is 0.253 e. The van der Waals surface area contributed by atoms with Gasteiger partial charge in [-0.1, -0.05) is 31.4 Å². The van der Waals surface area contributed by atoms with Crippen LogP contribution in [0.2, 0.25) is 0 Å². The third-order valence-electron chi connectivity index (χ3n) is 3.81. The van der Waals surface area contributed by atoms with E-state index in [9.17, 15) is 9.59 Å². The van der Waals surface area contributed by atoms with E-state index in [1.807, 2.05) is 0 Å². The molecule has 0 saturated heterocycles. The van der Waals surface area contributed by atoms with Crippen LogP contribution in [-0.2, 0) is 4.79 Å². The van der Waals surface area contributed by atoms with E-state index in [2.05, 4.69) is 10.6 Å². The van der Waals surface area contributed by atoms with E-state index in [0.717, 1.165) is 12.8 Å². The van der Waals surface area contributed by atoms with Gasteiger partial charge in [-0.25, -0.2) is 0 Å². The molecule has 0 heterocycles. The van der Waals surface area contributed by atoms with Crippen LogP contribution in [0.25, 0.3) is 0 Å². The van der Waals surface area contributed by atoms with Crippen LogP contribution in [0.4, 0.5) is 5.69 Å². The Kier molecular flexibility index (Phi) is 7.74. The number of hydrogen-bond donors (Lipinski definition) is 3. The molecule has 0 bridgehead atoms. The van der Waals surface area contributed by atoms with Crippen molar-refractivity contribution >= 4 is 29.9 Å². The summed E-state index contributed by atoms with van der Waals surface area (Å²) in [5.41, 5.74) is 6.63. The average molecular weight is 326 g/mol. The summed E-state index contributed by atoms with van der Waals surface area (Å²) in [6.07, 6.45) is 6.08. The maximum atomic E-state index is 11.9. The number of carbonyl (C=O) groups is 2. The Morgan fingerprint density at radius 2 is 1.82 bits per heavy atom. The second-order valence-corrected chi connectivity index (χ2v) is 5.50. The number of nitrogens with two attached hydrogens (primary N) is 1. The van der Waals surface area contributed by atoms with Gasteiger partial charge in [-0.2, -0.15) is 0 Å². The predicted octanol–water partition coefficient (Wildman–Crippen LogP) is 2.26. The van der Waals surface area contributed by atoms with Crippen molar-refractivity contribution in [2.24, 2.45) is 0 Å². The minimum absolute atomic E-state index is 0. The first-order valence-corrected chi connectivity index (χ1v) is 7.59. The molecule has 4 N–H and O–H groups in total. The van der Waals surface area contributed by atoms with E-state index < -0.39 is 0 Å². The van der Waals surface area contributed by atoms with Gasteiger partial charge >= 0.3 is 0 Å². The molecule has 22 heavy (non-hydrogen) atoms. The molecule has 1 aromatic rings. The minimum atomic E-state index is -0.237. The Morgan fingerprint density at radius 1 is 1.14 bits per heavy atom. The molecule has 1 aliphatic rings. The number of benzene rings is 1. The quantitative estimate of drug-likeness (QED) is 0.726. The van der Waals surface area contributed by atoms with Crippen molar-refractivity contribution in [2.45, 2.75) is 44.6 Å². The summed E-state index contributed by atoms with van der Waals surface area (Å²) in [5, 5.41) is 5.76. The molecule has 0 aliphatic heterocycles. The molecule has 5 nitrogen and oxygen atoms in total. The molecule has 2 rings (SSSR count). The molecule has 0 atom stereocenters. The molecule has 122 valence electrons. The molecular weight excluding hydrogens is 302 g/mol. The predicted molar refractivity (Wildman–Crippen MR) is 90.1 cm³/mol. The smallest absolute Gasteiger partial charge is 0.253 e. The van der Waals surface area contributed by atoms with Gasteiger partial charge in [-0.05, 0) is 25.0 Å². The largest absolute Gasteiger partial charge is 0.398 e. The first-order chi connectivity index (χ1) is 10.2. The van der Waals surface area contributed by atoms with Crippen LogP contribution in [-0.4, -0.2) is 24.4 Å². The zero-order valence-electron chi connectivity index (χ0n) is 12.6. The van der Waals surface area contributed by atoms with E-state index >= 15 is 0 Å². The van der Waals surface area contributed by atoms with Crippen LogP contribution in [0.3, 0.4) is 0 Å². The molecule has 0 spiro atoms. The summed E-state index contributed by atoms with van der Waals surface area (Å²) < 4.78 is 0. The summed E-state index contributed by atoms with van der Waals surface area (Å²) in [6, 6.07) is 7.22. The molecule has 1 aliphatic carbocycles. The van der Waals surface area contributed by atoms with Gasteiger partial charge in [0.25, 0.3) is 5.91 Å². The number of rotatable bonds is 5. The lowest BCUT2D eigenvalue weighted by molar-refractivity contribution is -0.121. The van der Waals surface area contributed by atoms with E-state index in [4.69, 9.17) is 5.73 Å². The van der Waals surface area contributed by atoms with Gasteiger partial charge in [-0.15, -0.1) is 12.4 Å². The highest BCUT2D eigenvalue weighted by Gasteiger charge is 2.15. The summed E-state index contributed by atoms with van der Waals surface area (Å²) in [7, 11) is 0. The summed E-state index contributed by atoms with van der Waals surface area (Å²) in [5.74, 6) is -0.234. The van der Waals surface area contributed by atoms with Gasteiger partial charge in [0.1, 0.15) is 0 Å². The maximum absolute atomic E-state index is 11.9. The van der Waals surface area contributed by atoms with Gasteiger partial charge in [0, 0.05) is 24.7 Å². The van der Waals surface area contributed by atoms with Crippen molar-refractivity contribution in [3.63, 3.8) is 0 Å².